The van der Waals surface area contributed by atoms with Crippen LogP contribution in [-0.4, -0.2) is 26.2 Å². The molecule has 0 saturated heterocycles. The monoisotopic (exact) mass is 474 g/mol. The number of carbonyl (C=O) groups excluding carboxylic acids is 2. The molecule has 0 aliphatic carbocycles. The molecule has 0 aliphatic heterocycles. The molecular weight excluding hydrogens is 453 g/mol. The minimum atomic E-state index is -4.63. The third-order valence-electron chi connectivity index (χ3n) is 4.81. The van der Waals surface area contributed by atoms with Crippen LogP contribution in [0.3, 0.4) is 0 Å². The average molecular weight is 474 g/mol. The van der Waals surface area contributed by atoms with Gasteiger partial charge in [-0.15, -0.1) is 0 Å². The second-order valence-corrected chi connectivity index (χ2v) is 7.00. The summed E-state index contributed by atoms with van der Waals surface area (Å²) in [4.78, 5) is 24.4. The summed E-state index contributed by atoms with van der Waals surface area (Å²) in [7, 11) is 2.38. The summed E-state index contributed by atoms with van der Waals surface area (Å²) in [5, 5.41) is 2.82. The predicted molar refractivity (Wildman–Crippen MR) is 118 cm³/mol. The molecule has 0 bridgehead atoms. The van der Waals surface area contributed by atoms with Crippen molar-refractivity contribution in [2.45, 2.75) is 12.7 Å². The lowest BCUT2D eigenvalue weighted by molar-refractivity contribution is -0.137. The van der Waals surface area contributed by atoms with E-state index in [4.69, 9.17) is 19.9 Å². The topological polar surface area (TPSA) is 99.9 Å². The predicted octanol–water partition coefficient (Wildman–Crippen LogP) is 5.27. The highest BCUT2D eigenvalue weighted by atomic mass is 19.4. The molecule has 7 nitrogen and oxygen atoms in total. The third-order valence-corrected chi connectivity index (χ3v) is 4.81. The fourth-order valence-electron chi connectivity index (χ4n) is 3.10. The number of hydrogen-bond acceptors (Lipinski definition) is 7. The number of alkyl halides is 3. The van der Waals surface area contributed by atoms with Gasteiger partial charge in [0.15, 0.2) is 5.75 Å². The Kier molecular flexibility index (Phi) is 7.42. The highest BCUT2D eigenvalue weighted by Crippen LogP contribution is 2.39. The number of anilines is 2. The van der Waals surface area contributed by atoms with Crippen LogP contribution in [0.2, 0.25) is 0 Å². The number of rotatable bonds is 7. The molecular formula is C24H21F3N2O5. The highest BCUT2D eigenvalue weighted by Gasteiger charge is 2.31. The van der Waals surface area contributed by atoms with Crippen LogP contribution in [0.5, 0.6) is 11.5 Å². The van der Waals surface area contributed by atoms with Gasteiger partial charge in [0.1, 0.15) is 11.3 Å². The Morgan fingerprint density at radius 2 is 1.53 bits per heavy atom. The number of para-hydroxylation sites is 1. The minimum absolute atomic E-state index is 0.0249. The van der Waals surface area contributed by atoms with E-state index >= 15 is 0 Å². The van der Waals surface area contributed by atoms with Crippen LogP contribution in [0.1, 0.15) is 31.8 Å². The highest BCUT2D eigenvalue weighted by molar-refractivity contribution is 5.97. The first-order chi connectivity index (χ1) is 16.2. The second kappa shape index (κ2) is 10.3. The summed E-state index contributed by atoms with van der Waals surface area (Å²) < 4.78 is 55.6. The van der Waals surface area contributed by atoms with Crippen LogP contribution in [0.25, 0.3) is 0 Å². The molecule has 0 saturated carbocycles. The van der Waals surface area contributed by atoms with E-state index in [0.717, 1.165) is 18.2 Å². The Labute approximate surface area is 193 Å². The largest absolute Gasteiger partial charge is 0.465 e. The van der Waals surface area contributed by atoms with Gasteiger partial charge < -0.3 is 25.3 Å². The summed E-state index contributed by atoms with van der Waals surface area (Å²) in [6.45, 7) is 0.145. The standard InChI is InChI=1S/C24H21F3N2O5/c1-32-22(30)16-5-3-4-6-20(16)34-21-10-8-15(24(25,26)27)12-19(21)29-18-9-7-14(13-28)11-17(18)23(31)33-2/h3-12,29H,13,28H2,1-2H3. The first-order valence-electron chi connectivity index (χ1n) is 9.92. The van der Waals surface area contributed by atoms with Crippen LogP contribution in [0.4, 0.5) is 24.5 Å². The average Bonchev–Trinajstić information content (AvgIpc) is 2.84. The molecule has 0 aromatic heterocycles. The van der Waals surface area contributed by atoms with Crippen molar-refractivity contribution in [2.24, 2.45) is 5.73 Å². The number of nitrogens with two attached hydrogens (primary N) is 1. The van der Waals surface area contributed by atoms with Gasteiger partial charge in [0.05, 0.1) is 36.7 Å². The van der Waals surface area contributed by atoms with E-state index in [1.165, 1.54) is 38.5 Å². The lowest BCUT2D eigenvalue weighted by atomic mass is 10.1. The molecule has 0 radical (unpaired) electrons. The van der Waals surface area contributed by atoms with E-state index < -0.39 is 23.7 Å². The fourth-order valence-corrected chi connectivity index (χ4v) is 3.10. The van der Waals surface area contributed by atoms with Crippen LogP contribution in [0, 0.1) is 0 Å². The van der Waals surface area contributed by atoms with Crippen molar-refractivity contribution < 1.29 is 37.0 Å². The molecule has 3 rings (SSSR count). The van der Waals surface area contributed by atoms with Crippen molar-refractivity contribution >= 4 is 23.3 Å². The van der Waals surface area contributed by atoms with Gasteiger partial charge in [0, 0.05) is 6.54 Å². The van der Waals surface area contributed by atoms with Crippen molar-refractivity contribution in [2.75, 3.05) is 19.5 Å². The van der Waals surface area contributed by atoms with Gasteiger partial charge in [0.25, 0.3) is 0 Å². The molecule has 3 aromatic rings. The molecule has 0 heterocycles. The quantitative estimate of drug-likeness (QED) is 0.450. The maximum Gasteiger partial charge on any atom is 0.416 e. The fraction of sp³-hybridized carbons (Fsp3) is 0.167. The molecule has 0 spiro atoms. The van der Waals surface area contributed by atoms with Gasteiger partial charge in [-0.25, -0.2) is 9.59 Å². The van der Waals surface area contributed by atoms with Gasteiger partial charge in [-0.3, -0.25) is 0 Å². The first kappa shape index (κ1) is 24.6. The van der Waals surface area contributed by atoms with Crippen LogP contribution < -0.4 is 15.8 Å². The maximum atomic E-state index is 13.4. The number of carbonyl (C=O) groups is 2. The van der Waals surface area contributed by atoms with Crippen LogP contribution >= 0.6 is 0 Å². The molecule has 0 atom stereocenters. The van der Waals surface area contributed by atoms with Gasteiger partial charge >= 0.3 is 18.1 Å². The molecule has 0 fully saturated rings. The van der Waals surface area contributed by atoms with Crippen molar-refractivity contribution in [3.63, 3.8) is 0 Å². The van der Waals surface area contributed by atoms with Crippen molar-refractivity contribution in [1.82, 2.24) is 0 Å². The van der Waals surface area contributed by atoms with Crippen LogP contribution in [0.15, 0.2) is 60.7 Å². The number of benzene rings is 3. The van der Waals surface area contributed by atoms with Crippen molar-refractivity contribution in [3.8, 4) is 11.5 Å². The van der Waals surface area contributed by atoms with E-state index in [9.17, 15) is 22.8 Å². The second-order valence-electron chi connectivity index (χ2n) is 7.00. The molecule has 3 aromatic carbocycles. The zero-order valence-corrected chi connectivity index (χ0v) is 18.2. The van der Waals surface area contributed by atoms with E-state index in [2.05, 4.69) is 5.32 Å². The number of esters is 2. The van der Waals surface area contributed by atoms with Crippen molar-refractivity contribution in [3.05, 3.63) is 82.9 Å². The normalized spacial score (nSPS) is 11.0. The molecule has 0 unspecified atom stereocenters. The summed E-state index contributed by atoms with van der Waals surface area (Å²) >= 11 is 0. The summed E-state index contributed by atoms with van der Waals surface area (Å²) in [6.07, 6.45) is -4.63. The van der Waals surface area contributed by atoms with E-state index in [1.807, 2.05) is 0 Å². The van der Waals surface area contributed by atoms with Gasteiger partial charge in [-0.05, 0) is 48.0 Å². The Hall–Kier alpha value is -4.05. The van der Waals surface area contributed by atoms with Crippen LogP contribution in [-0.2, 0) is 22.2 Å². The minimum Gasteiger partial charge on any atom is -0.465 e. The zero-order chi connectivity index (χ0) is 24.9. The SMILES string of the molecule is COC(=O)c1cc(CN)ccc1Nc1cc(C(F)(F)F)ccc1Oc1ccccc1C(=O)OC. The molecule has 0 amide bonds. The third kappa shape index (κ3) is 5.46. The number of halogens is 3. The van der Waals surface area contributed by atoms with Gasteiger partial charge in [-0.1, -0.05) is 18.2 Å². The lowest BCUT2D eigenvalue weighted by Gasteiger charge is -2.18. The molecule has 3 N–H and O–H groups in total. The number of methoxy groups -OCH3 is 2. The summed E-state index contributed by atoms with van der Waals surface area (Å²) in [5.41, 5.74) is 5.55. The molecule has 34 heavy (non-hydrogen) atoms. The van der Waals surface area contributed by atoms with Gasteiger partial charge in [-0.2, -0.15) is 13.2 Å². The number of nitrogens with one attached hydrogen (secondary N) is 1. The Morgan fingerprint density at radius 3 is 2.18 bits per heavy atom. The lowest BCUT2D eigenvalue weighted by Crippen LogP contribution is -2.10. The molecule has 0 aliphatic rings. The molecule has 178 valence electrons. The van der Waals surface area contributed by atoms with Crippen molar-refractivity contribution in [1.29, 1.82) is 0 Å². The molecule has 10 heteroatoms. The maximum absolute atomic E-state index is 13.4. The zero-order valence-electron chi connectivity index (χ0n) is 18.2. The first-order valence-corrected chi connectivity index (χ1v) is 9.92. The van der Waals surface area contributed by atoms with E-state index in [-0.39, 0.29) is 40.5 Å². The van der Waals surface area contributed by atoms with E-state index in [0.29, 0.717) is 5.56 Å². The number of hydrogen-bond donors (Lipinski definition) is 2. The Bertz CT molecular complexity index is 1210. The summed E-state index contributed by atoms with van der Waals surface area (Å²) in [6, 6.07) is 13.5. The van der Waals surface area contributed by atoms with Gasteiger partial charge in [0.2, 0.25) is 0 Å². The Balaban J connectivity index is 2.10. The van der Waals surface area contributed by atoms with E-state index in [1.54, 1.807) is 18.2 Å². The number of ether oxygens (including phenoxy) is 3. The smallest absolute Gasteiger partial charge is 0.416 e. The Morgan fingerprint density at radius 1 is 0.853 bits per heavy atom. The summed E-state index contributed by atoms with van der Waals surface area (Å²) in [5.74, 6) is -1.34.